The second kappa shape index (κ2) is 8.47. The third-order valence-electron chi connectivity index (χ3n) is 2.70. The molecule has 0 radical (unpaired) electrons. The van der Waals surface area contributed by atoms with Crippen LogP contribution in [-0.4, -0.2) is 51.5 Å². The van der Waals surface area contributed by atoms with Crippen LogP contribution in [0.25, 0.3) is 0 Å². The molecule has 0 saturated carbocycles. The van der Waals surface area contributed by atoms with Gasteiger partial charge in [0.25, 0.3) is 0 Å². The molecule has 126 valence electrons. The molecule has 2 atom stereocenters. The Kier molecular flexibility index (Phi) is 7.72. The maximum absolute atomic E-state index is 12.2. The largest absolute Gasteiger partial charge is 0.481 e. The summed E-state index contributed by atoms with van der Waals surface area (Å²) in [5.74, 6) is -3.47. The highest BCUT2D eigenvalue weighted by Gasteiger charge is 2.29. The molecule has 0 aliphatic rings. The molecule has 0 aromatic carbocycles. The van der Waals surface area contributed by atoms with Gasteiger partial charge in [-0.2, -0.15) is 0 Å². The van der Waals surface area contributed by atoms with E-state index < -0.39 is 41.9 Å². The number of nitrogens with one attached hydrogen (secondary N) is 2. The molecule has 8 nitrogen and oxygen atoms in total. The fourth-order valence-corrected chi connectivity index (χ4v) is 1.79. The van der Waals surface area contributed by atoms with Crippen LogP contribution in [0.4, 0.5) is 0 Å². The quantitative estimate of drug-likeness (QED) is 0.476. The molecule has 0 bridgehead atoms. The van der Waals surface area contributed by atoms with Gasteiger partial charge in [0.15, 0.2) is 0 Å². The fourth-order valence-electron chi connectivity index (χ4n) is 1.79. The van der Waals surface area contributed by atoms with Gasteiger partial charge in [-0.15, -0.1) is 0 Å². The Labute approximate surface area is 129 Å². The molecule has 0 saturated heterocycles. The van der Waals surface area contributed by atoms with Gasteiger partial charge in [-0.25, -0.2) is 4.79 Å². The first kappa shape index (κ1) is 20.0. The van der Waals surface area contributed by atoms with Crippen LogP contribution in [0, 0.1) is 0 Å². The number of carbonyl (C=O) groups excluding carboxylic acids is 2. The zero-order valence-corrected chi connectivity index (χ0v) is 13.3. The Balaban J connectivity index is 4.95. The summed E-state index contributed by atoms with van der Waals surface area (Å²) in [7, 11) is 0. The van der Waals surface area contributed by atoms with Crippen molar-refractivity contribution in [3.8, 4) is 0 Å². The normalized spacial score (nSPS) is 14.0. The summed E-state index contributed by atoms with van der Waals surface area (Å²) >= 11 is 0. The van der Waals surface area contributed by atoms with Gasteiger partial charge in [0.05, 0.1) is 12.5 Å². The highest BCUT2D eigenvalue weighted by atomic mass is 16.4. The van der Waals surface area contributed by atoms with Crippen molar-refractivity contribution in [3.63, 3.8) is 0 Å². The standard InChI is InChI=1S/C14H24N2O6/c1-8(17)5-6-9(16-14(2,3)4)12(20)15-10(13(21)22)7-11(18)19/h9-10,16H,5-7H2,1-4H3,(H,15,20)(H,18,19)(H,21,22). The predicted octanol–water partition coefficient (Wildman–Crippen LogP) is 0.156. The first-order chi connectivity index (χ1) is 9.92. The van der Waals surface area contributed by atoms with Crippen molar-refractivity contribution in [3.05, 3.63) is 0 Å². The molecule has 0 aromatic rings. The zero-order valence-electron chi connectivity index (χ0n) is 13.3. The van der Waals surface area contributed by atoms with E-state index in [4.69, 9.17) is 10.2 Å². The minimum Gasteiger partial charge on any atom is -0.481 e. The Morgan fingerprint density at radius 2 is 1.59 bits per heavy atom. The van der Waals surface area contributed by atoms with Crippen molar-refractivity contribution in [2.45, 2.75) is 64.6 Å². The SMILES string of the molecule is CC(=O)CCC(NC(C)(C)C)C(=O)NC(CC(=O)O)C(=O)O. The topological polar surface area (TPSA) is 133 Å². The fraction of sp³-hybridized carbons (Fsp3) is 0.714. The van der Waals surface area contributed by atoms with Gasteiger partial charge in [0.1, 0.15) is 11.8 Å². The van der Waals surface area contributed by atoms with Gasteiger partial charge in [-0.3, -0.25) is 9.59 Å². The molecular formula is C14H24N2O6. The van der Waals surface area contributed by atoms with Gasteiger partial charge in [0.2, 0.25) is 5.91 Å². The van der Waals surface area contributed by atoms with Gasteiger partial charge < -0.3 is 25.6 Å². The second-order valence-electron chi connectivity index (χ2n) is 6.18. The molecule has 0 aromatic heterocycles. The molecule has 8 heteroatoms. The Hall–Kier alpha value is -1.96. The first-order valence-corrected chi connectivity index (χ1v) is 6.94. The molecule has 0 heterocycles. The molecule has 0 aliphatic carbocycles. The highest BCUT2D eigenvalue weighted by Crippen LogP contribution is 2.08. The number of Topliss-reactive ketones (excluding diaryl/α,β-unsaturated/α-hetero) is 1. The molecule has 0 spiro atoms. The molecule has 0 rings (SSSR count). The van der Waals surface area contributed by atoms with Crippen molar-refractivity contribution in [2.24, 2.45) is 0 Å². The van der Waals surface area contributed by atoms with E-state index in [0.717, 1.165) is 0 Å². The highest BCUT2D eigenvalue weighted by molar-refractivity contribution is 5.89. The number of hydrogen-bond donors (Lipinski definition) is 4. The summed E-state index contributed by atoms with van der Waals surface area (Å²) in [4.78, 5) is 44.9. The first-order valence-electron chi connectivity index (χ1n) is 6.94. The lowest BCUT2D eigenvalue weighted by Crippen LogP contribution is -2.55. The van der Waals surface area contributed by atoms with Crippen molar-refractivity contribution < 1.29 is 29.4 Å². The Morgan fingerprint density at radius 1 is 1.05 bits per heavy atom. The number of carbonyl (C=O) groups is 4. The molecule has 1 amide bonds. The summed E-state index contributed by atoms with van der Waals surface area (Å²) in [6.07, 6.45) is -0.342. The minimum atomic E-state index is -1.51. The summed E-state index contributed by atoms with van der Waals surface area (Å²) in [5.41, 5.74) is -0.426. The molecule has 0 fully saturated rings. The van der Waals surface area contributed by atoms with Gasteiger partial charge in [-0.05, 0) is 34.1 Å². The van der Waals surface area contributed by atoms with Crippen LogP contribution >= 0.6 is 0 Å². The summed E-state index contributed by atoms with van der Waals surface area (Å²) in [6, 6.07) is -2.29. The average Bonchev–Trinajstić information content (AvgIpc) is 2.31. The van der Waals surface area contributed by atoms with Crippen LogP contribution in [-0.2, 0) is 19.2 Å². The van der Waals surface area contributed by atoms with Crippen LogP contribution in [0.1, 0.15) is 47.0 Å². The van der Waals surface area contributed by atoms with Crippen molar-refractivity contribution in [1.82, 2.24) is 10.6 Å². The number of carboxylic acid groups (broad SMARTS) is 2. The Morgan fingerprint density at radius 3 is 1.95 bits per heavy atom. The molecule has 22 heavy (non-hydrogen) atoms. The van der Waals surface area contributed by atoms with E-state index in [-0.39, 0.29) is 18.6 Å². The van der Waals surface area contributed by atoms with E-state index in [1.807, 2.05) is 20.8 Å². The van der Waals surface area contributed by atoms with Gasteiger partial charge in [-0.1, -0.05) is 0 Å². The molecular weight excluding hydrogens is 292 g/mol. The molecule has 2 unspecified atom stereocenters. The monoisotopic (exact) mass is 316 g/mol. The number of ketones is 1. The molecule has 0 aliphatic heterocycles. The van der Waals surface area contributed by atoms with E-state index in [0.29, 0.717) is 0 Å². The summed E-state index contributed by atoms with van der Waals surface area (Å²) < 4.78 is 0. The van der Waals surface area contributed by atoms with E-state index in [2.05, 4.69) is 10.6 Å². The lowest BCUT2D eigenvalue weighted by molar-refractivity contribution is -0.147. The lowest BCUT2D eigenvalue weighted by atomic mass is 10.0. The van der Waals surface area contributed by atoms with Crippen molar-refractivity contribution in [2.75, 3.05) is 0 Å². The zero-order chi connectivity index (χ0) is 17.5. The maximum atomic E-state index is 12.2. The molecule has 4 N–H and O–H groups in total. The van der Waals surface area contributed by atoms with Crippen LogP contribution in [0.5, 0.6) is 0 Å². The van der Waals surface area contributed by atoms with Crippen molar-refractivity contribution >= 4 is 23.6 Å². The van der Waals surface area contributed by atoms with Crippen LogP contribution in [0.15, 0.2) is 0 Å². The van der Waals surface area contributed by atoms with Crippen LogP contribution < -0.4 is 10.6 Å². The van der Waals surface area contributed by atoms with E-state index in [1.165, 1.54) is 6.92 Å². The third kappa shape index (κ3) is 9.06. The number of rotatable bonds is 9. The number of amides is 1. The maximum Gasteiger partial charge on any atom is 0.326 e. The number of carboxylic acids is 2. The third-order valence-corrected chi connectivity index (χ3v) is 2.70. The number of aliphatic carboxylic acids is 2. The van der Waals surface area contributed by atoms with E-state index in [9.17, 15) is 19.2 Å². The minimum absolute atomic E-state index is 0.0890. The second-order valence-corrected chi connectivity index (χ2v) is 6.18. The Bertz CT molecular complexity index is 441. The van der Waals surface area contributed by atoms with Crippen LogP contribution in [0.2, 0.25) is 0 Å². The predicted molar refractivity (Wildman–Crippen MR) is 78.4 cm³/mol. The lowest BCUT2D eigenvalue weighted by Gasteiger charge is -2.28. The summed E-state index contributed by atoms with van der Waals surface area (Å²) in [6.45, 7) is 6.88. The van der Waals surface area contributed by atoms with E-state index >= 15 is 0 Å². The van der Waals surface area contributed by atoms with Gasteiger partial charge >= 0.3 is 11.9 Å². The average molecular weight is 316 g/mol. The number of hydrogen-bond acceptors (Lipinski definition) is 5. The summed E-state index contributed by atoms with van der Waals surface area (Å²) in [5, 5.41) is 22.8. The van der Waals surface area contributed by atoms with E-state index in [1.54, 1.807) is 0 Å². The van der Waals surface area contributed by atoms with Gasteiger partial charge in [0, 0.05) is 12.0 Å². The van der Waals surface area contributed by atoms with Crippen molar-refractivity contribution in [1.29, 1.82) is 0 Å². The van der Waals surface area contributed by atoms with Crippen LogP contribution in [0.3, 0.4) is 0 Å². The smallest absolute Gasteiger partial charge is 0.326 e.